The van der Waals surface area contributed by atoms with Gasteiger partial charge < -0.3 is 15.8 Å². The van der Waals surface area contributed by atoms with Crippen molar-refractivity contribution in [2.75, 3.05) is 32.7 Å². The molecule has 1 aliphatic heterocycles. The van der Waals surface area contributed by atoms with Crippen LogP contribution in [0.3, 0.4) is 0 Å². The molecule has 0 atom stereocenters. The highest BCUT2D eigenvalue weighted by Gasteiger charge is 2.25. The maximum atomic E-state index is 12.5. The fourth-order valence-electron chi connectivity index (χ4n) is 2.96. The lowest BCUT2D eigenvalue weighted by atomic mass is 10.2. The van der Waals surface area contributed by atoms with Crippen molar-refractivity contribution >= 4 is 23.1 Å². The largest absolute Gasteiger partial charge is 0.409 e. The Hall–Kier alpha value is -1.60. The van der Waals surface area contributed by atoms with Crippen LogP contribution in [0.1, 0.15) is 26.5 Å². The average Bonchev–Trinajstić information content (AvgIpc) is 3.08. The summed E-state index contributed by atoms with van der Waals surface area (Å²) < 4.78 is 0. The van der Waals surface area contributed by atoms with Gasteiger partial charge in [-0.15, -0.1) is 11.3 Å². The molecule has 1 saturated heterocycles. The molecule has 114 valence electrons. The van der Waals surface area contributed by atoms with Gasteiger partial charge in [-0.3, -0.25) is 9.69 Å². The zero-order valence-electron chi connectivity index (χ0n) is 11.9. The molecule has 1 aromatic rings. The van der Waals surface area contributed by atoms with Crippen molar-refractivity contribution < 1.29 is 10.0 Å². The van der Waals surface area contributed by atoms with Crippen molar-refractivity contribution in [1.82, 2.24) is 9.80 Å². The van der Waals surface area contributed by atoms with Crippen LogP contribution in [-0.2, 0) is 12.8 Å². The number of aryl methyl sites for hydroxylation is 2. The first-order valence-electron chi connectivity index (χ1n) is 7.27. The molecule has 6 nitrogen and oxygen atoms in total. The normalized spacial score (nSPS) is 19.8. The van der Waals surface area contributed by atoms with Gasteiger partial charge in [-0.05, 0) is 30.9 Å². The minimum absolute atomic E-state index is 0.151. The van der Waals surface area contributed by atoms with Gasteiger partial charge in [0, 0.05) is 31.1 Å². The number of carbonyl (C=O) groups excluding carboxylic acids is 1. The van der Waals surface area contributed by atoms with Crippen molar-refractivity contribution in [1.29, 1.82) is 0 Å². The van der Waals surface area contributed by atoms with E-state index in [0.717, 1.165) is 30.8 Å². The van der Waals surface area contributed by atoms with Crippen molar-refractivity contribution in [2.24, 2.45) is 10.9 Å². The second-order valence-electron chi connectivity index (χ2n) is 5.57. The number of hydrogen-bond acceptors (Lipinski definition) is 5. The van der Waals surface area contributed by atoms with E-state index in [1.54, 1.807) is 11.3 Å². The highest BCUT2D eigenvalue weighted by molar-refractivity contribution is 7.14. The van der Waals surface area contributed by atoms with Crippen molar-refractivity contribution in [3.05, 3.63) is 21.4 Å². The third-order valence-electron chi connectivity index (χ3n) is 4.13. The molecule has 21 heavy (non-hydrogen) atoms. The Morgan fingerprint density at radius 2 is 2.10 bits per heavy atom. The highest BCUT2D eigenvalue weighted by Crippen LogP contribution is 2.31. The first-order chi connectivity index (χ1) is 10.2. The molecular weight excluding hydrogens is 288 g/mol. The molecule has 0 spiro atoms. The lowest BCUT2D eigenvalue weighted by Gasteiger charge is -2.34. The van der Waals surface area contributed by atoms with E-state index in [4.69, 9.17) is 10.9 Å². The SMILES string of the molecule is NC(CN1CCN(C(=O)c2cc3c(s2)CCC3)CC1)=NO. The van der Waals surface area contributed by atoms with Gasteiger partial charge in [-0.2, -0.15) is 0 Å². The van der Waals surface area contributed by atoms with Gasteiger partial charge in [0.2, 0.25) is 0 Å². The molecule has 0 aromatic carbocycles. The maximum absolute atomic E-state index is 12.5. The van der Waals surface area contributed by atoms with E-state index < -0.39 is 0 Å². The second-order valence-corrected chi connectivity index (χ2v) is 6.71. The van der Waals surface area contributed by atoms with Gasteiger partial charge in [0.15, 0.2) is 5.84 Å². The summed E-state index contributed by atoms with van der Waals surface area (Å²) in [4.78, 5) is 18.8. The van der Waals surface area contributed by atoms with Crippen LogP contribution in [0, 0.1) is 0 Å². The van der Waals surface area contributed by atoms with Gasteiger partial charge in [0.05, 0.1) is 11.4 Å². The maximum Gasteiger partial charge on any atom is 0.264 e. The summed E-state index contributed by atoms with van der Waals surface area (Å²) in [6.45, 7) is 3.35. The molecule has 2 heterocycles. The number of oxime groups is 1. The molecule has 0 bridgehead atoms. The fraction of sp³-hybridized carbons (Fsp3) is 0.571. The summed E-state index contributed by atoms with van der Waals surface area (Å²) >= 11 is 1.66. The van der Waals surface area contributed by atoms with Crippen LogP contribution in [0.25, 0.3) is 0 Å². The van der Waals surface area contributed by atoms with E-state index in [9.17, 15) is 4.79 Å². The predicted molar refractivity (Wildman–Crippen MR) is 82.1 cm³/mol. The summed E-state index contributed by atoms with van der Waals surface area (Å²) in [5, 5.41) is 11.6. The molecule has 1 amide bonds. The molecule has 3 N–H and O–H groups in total. The standard InChI is InChI=1S/C14H20N4O2S/c15-13(16-20)9-17-4-6-18(7-5-17)14(19)12-8-10-2-1-3-11(10)21-12/h8,20H,1-7,9H2,(H2,15,16). The zero-order chi connectivity index (χ0) is 14.8. The van der Waals surface area contributed by atoms with E-state index in [1.807, 2.05) is 4.90 Å². The van der Waals surface area contributed by atoms with Gasteiger partial charge in [-0.25, -0.2) is 0 Å². The molecule has 1 fully saturated rings. The average molecular weight is 308 g/mol. The number of nitrogens with two attached hydrogens (primary N) is 1. The molecule has 0 unspecified atom stereocenters. The third kappa shape index (κ3) is 3.03. The molecule has 0 radical (unpaired) electrons. The van der Waals surface area contributed by atoms with E-state index in [2.05, 4.69) is 16.1 Å². The Balaban J connectivity index is 1.57. The lowest BCUT2D eigenvalue weighted by molar-refractivity contribution is 0.0658. The number of rotatable bonds is 3. The van der Waals surface area contributed by atoms with Crippen molar-refractivity contribution in [3.63, 3.8) is 0 Å². The molecule has 2 aliphatic rings. The van der Waals surface area contributed by atoms with Gasteiger partial charge >= 0.3 is 0 Å². The number of amides is 1. The molecule has 1 aliphatic carbocycles. The third-order valence-corrected chi connectivity index (χ3v) is 5.36. The fourth-order valence-corrected chi connectivity index (χ4v) is 4.18. The smallest absolute Gasteiger partial charge is 0.264 e. The van der Waals surface area contributed by atoms with E-state index in [1.165, 1.54) is 16.9 Å². The van der Waals surface area contributed by atoms with Crippen LogP contribution in [0.4, 0.5) is 0 Å². The summed E-state index contributed by atoms with van der Waals surface area (Å²) in [5.74, 6) is 0.363. The van der Waals surface area contributed by atoms with Crippen LogP contribution < -0.4 is 5.73 Å². The number of amidine groups is 1. The van der Waals surface area contributed by atoms with Gasteiger partial charge in [0.25, 0.3) is 5.91 Å². The van der Waals surface area contributed by atoms with E-state index in [0.29, 0.717) is 19.6 Å². The van der Waals surface area contributed by atoms with Crippen LogP contribution in [0.15, 0.2) is 11.2 Å². The number of fused-ring (bicyclic) bond motifs is 1. The van der Waals surface area contributed by atoms with Gasteiger partial charge in [0.1, 0.15) is 0 Å². The number of carbonyl (C=O) groups is 1. The topological polar surface area (TPSA) is 82.2 Å². The number of thiophene rings is 1. The summed E-state index contributed by atoms with van der Waals surface area (Å²) in [6, 6.07) is 2.08. The quantitative estimate of drug-likeness (QED) is 0.373. The number of piperazine rings is 1. The Bertz CT molecular complexity index is 540. The molecule has 0 saturated carbocycles. The second kappa shape index (κ2) is 6.03. The molecule has 1 aromatic heterocycles. The first kappa shape index (κ1) is 14.3. The molecule has 3 rings (SSSR count). The highest BCUT2D eigenvalue weighted by atomic mass is 32.1. The Morgan fingerprint density at radius 3 is 2.76 bits per heavy atom. The van der Waals surface area contributed by atoms with E-state index >= 15 is 0 Å². The first-order valence-corrected chi connectivity index (χ1v) is 8.08. The van der Waals surface area contributed by atoms with Crippen LogP contribution in [0.2, 0.25) is 0 Å². The summed E-state index contributed by atoms with van der Waals surface area (Å²) in [7, 11) is 0. The number of hydrogen-bond donors (Lipinski definition) is 2. The minimum atomic E-state index is 0.151. The Morgan fingerprint density at radius 1 is 1.33 bits per heavy atom. The number of nitrogens with zero attached hydrogens (tertiary/aromatic N) is 3. The van der Waals surface area contributed by atoms with Crippen molar-refractivity contribution in [3.8, 4) is 0 Å². The lowest BCUT2D eigenvalue weighted by Crippen LogP contribution is -2.50. The van der Waals surface area contributed by atoms with Crippen LogP contribution in [0.5, 0.6) is 0 Å². The van der Waals surface area contributed by atoms with Gasteiger partial charge in [-0.1, -0.05) is 5.16 Å². The Labute approximate surface area is 127 Å². The molecular formula is C14H20N4O2S. The predicted octanol–water partition coefficient (Wildman–Crippen LogP) is 0.741. The zero-order valence-corrected chi connectivity index (χ0v) is 12.7. The van der Waals surface area contributed by atoms with E-state index in [-0.39, 0.29) is 11.7 Å². The van der Waals surface area contributed by atoms with Crippen molar-refractivity contribution in [2.45, 2.75) is 19.3 Å². The summed E-state index contributed by atoms with van der Waals surface area (Å²) in [6.07, 6.45) is 3.47. The monoisotopic (exact) mass is 308 g/mol. The van der Waals surface area contributed by atoms with Crippen LogP contribution in [-0.4, -0.2) is 59.5 Å². The summed E-state index contributed by atoms with van der Waals surface area (Å²) in [5.41, 5.74) is 6.88. The molecule has 7 heteroatoms. The minimum Gasteiger partial charge on any atom is -0.409 e. The van der Waals surface area contributed by atoms with Crippen LogP contribution >= 0.6 is 11.3 Å². The Kier molecular flexibility index (Phi) is 4.12.